The van der Waals surface area contributed by atoms with Crippen molar-refractivity contribution in [3.05, 3.63) is 0 Å². The molecule has 0 atom stereocenters. The molecule has 0 fully saturated rings. The summed E-state index contributed by atoms with van der Waals surface area (Å²) in [6, 6.07) is 0. The molecule has 0 aromatic rings. The maximum Gasteiger partial charge on any atom is 0.308 e. The van der Waals surface area contributed by atoms with Gasteiger partial charge >= 0.3 is 5.97 Å². The lowest BCUT2D eigenvalue weighted by Crippen LogP contribution is -2.04. The van der Waals surface area contributed by atoms with Gasteiger partial charge in [0.25, 0.3) is 0 Å². The van der Waals surface area contributed by atoms with E-state index in [1.807, 2.05) is 0 Å². The van der Waals surface area contributed by atoms with E-state index < -0.39 is 5.97 Å². The van der Waals surface area contributed by atoms with Crippen LogP contribution in [0.3, 0.4) is 0 Å². The van der Waals surface area contributed by atoms with E-state index in [4.69, 9.17) is 0 Å². The fourth-order valence-electron chi connectivity index (χ4n) is 0.316. The quantitative estimate of drug-likeness (QED) is 0.501. The van der Waals surface area contributed by atoms with Crippen LogP contribution < -0.4 is 0 Å². The molecule has 0 saturated carbocycles. The zero-order valence-electron chi connectivity index (χ0n) is 4.85. The third-order valence-electron chi connectivity index (χ3n) is 0.612. The summed E-state index contributed by atoms with van der Waals surface area (Å²) in [5.74, 6) is -0.400. The molecule has 0 rings (SSSR count). The van der Waals surface area contributed by atoms with Crippen molar-refractivity contribution in [2.45, 2.75) is 13.3 Å². The molecule has 0 heterocycles. The highest BCUT2D eigenvalue weighted by Crippen LogP contribution is 1.82. The van der Waals surface area contributed by atoms with Crippen molar-refractivity contribution in [1.82, 2.24) is 0 Å². The Balaban J connectivity index is 3.06. The Morgan fingerprint density at radius 2 is 2.25 bits per heavy atom. The van der Waals surface area contributed by atoms with Gasteiger partial charge in [-0.25, -0.2) is 5.11 Å². The fraction of sp³-hybridized carbons (Fsp3) is 0.800. The van der Waals surface area contributed by atoms with Crippen LogP contribution in [-0.4, -0.2) is 19.2 Å². The molecular formula is C5H9O3. The molecule has 3 nitrogen and oxygen atoms in total. The van der Waals surface area contributed by atoms with Gasteiger partial charge in [0, 0.05) is 0 Å². The highest BCUT2D eigenvalue weighted by atomic mass is 16.5. The number of hydrogen-bond acceptors (Lipinski definition) is 2. The number of ether oxygens (including phenoxy) is 1. The number of esters is 1. The SMILES string of the molecule is CCOC(=O)CC[O]. The molecule has 0 spiro atoms. The minimum Gasteiger partial charge on any atom is -0.466 e. The Morgan fingerprint density at radius 1 is 1.62 bits per heavy atom. The molecule has 0 aliphatic heterocycles. The van der Waals surface area contributed by atoms with Gasteiger partial charge in [-0.3, -0.25) is 4.79 Å². The van der Waals surface area contributed by atoms with Crippen molar-refractivity contribution in [2.24, 2.45) is 0 Å². The first-order chi connectivity index (χ1) is 3.81. The summed E-state index contributed by atoms with van der Waals surface area (Å²) in [7, 11) is 0. The smallest absolute Gasteiger partial charge is 0.308 e. The summed E-state index contributed by atoms with van der Waals surface area (Å²) in [5.41, 5.74) is 0. The molecular weight excluding hydrogens is 108 g/mol. The molecule has 8 heavy (non-hydrogen) atoms. The predicted octanol–water partition coefficient (Wildman–Crippen LogP) is 0.370. The van der Waals surface area contributed by atoms with Crippen LogP contribution in [0.15, 0.2) is 0 Å². The summed E-state index contributed by atoms with van der Waals surface area (Å²) in [5, 5.41) is 9.71. The lowest BCUT2D eigenvalue weighted by molar-refractivity contribution is -0.144. The number of hydrogen-bond donors (Lipinski definition) is 0. The number of carbonyl (C=O) groups is 1. The second kappa shape index (κ2) is 4.59. The highest BCUT2D eigenvalue weighted by Gasteiger charge is 1.97. The third-order valence-corrected chi connectivity index (χ3v) is 0.612. The Labute approximate surface area is 48.3 Å². The van der Waals surface area contributed by atoms with Gasteiger partial charge in [-0.15, -0.1) is 0 Å². The average molecular weight is 117 g/mol. The second-order valence-electron chi connectivity index (χ2n) is 1.26. The first-order valence-electron chi connectivity index (χ1n) is 2.55. The predicted molar refractivity (Wildman–Crippen MR) is 26.8 cm³/mol. The fourth-order valence-corrected chi connectivity index (χ4v) is 0.316. The normalized spacial score (nSPS) is 8.75. The summed E-state index contributed by atoms with van der Waals surface area (Å²) in [6.07, 6.45) is -0.00611. The molecule has 0 N–H and O–H groups in total. The summed E-state index contributed by atoms with van der Waals surface area (Å²) < 4.78 is 4.44. The molecule has 0 saturated heterocycles. The molecule has 0 amide bonds. The molecule has 0 bridgehead atoms. The van der Waals surface area contributed by atoms with Gasteiger partial charge in [-0.1, -0.05) is 0 Å². The maximum atomic E-state index is 10.2. The van der Waals surface area contributed by atoms with Crippen LogP contribution in [0.25, 0.3) is 0 Å². The van der Waals surface area contributed by atoms with E-state index in [1.54, 1.807) is 6.92 Å². The summed E-state index contributed by atoms with van der Waals surface area (Å²) in [6.45, 7) is 1.69. The second-order valence-corrected chi connectivity index (χ2v) is 1.26. The molecule has 3 heteroatoms. The topological polar surface area (TPSA) is 46.2 Å². The van der Waals surface area contributed by atoms with Gasteiger partial charge in [0.05, 0.1) is 19.6 Å². The summed E-state index contributed by atoms with van der Waals surface area (Å²) in [4.78, 5) is 10.2. The van der Waals surface area contributed by atoms with E-state index in [0.717, 1.165) is 0 Å². The highest BCUT2D eigenvalue weighted by molar-refractivity contribution is 5.69. The van der Waals surface area contributed by atoms with Crippen molar-refractivity contribution in [1.29, 1.82) is 0 Å². The molecule has 0 unspecified atom stereocenters. The molecule has 0 aliphatic rings. The monoisotopic (exact) mass is 117 g/mol. The minimum atomic E-state index is -0.400. The standard InChI is InChI=1S/C5H9O3/c1-2-8-5(7)3-4-6/h2-4H2,1H3. The first-order valence-corrected chi connectivity index (χ1v) is 2.55. The van der Waals surface area contributed by atoms with Crippen molar-refractivity contribution in [3.63, 3.8) is 0 Å². The van der Waals surface area contributed by atoms with Gasteiger partial charge in [0.15, 0.2) is 0 Å². The van der Waals surface area contributed by atoms with Crippen LogP contribution in [0, 0.1) is 0 Å². The van der Waals surface area contributed by atoms with Gasteiger partial charge < -0.3 is 4.74 Å². The van der Waals surface area contributed by atoms with E-state index in [0.29, 0.717) is 6.61 Å². The van der Waals surface area contributed by atoms with Crippen LogP contribution in [0.5, 0.6) is 0 Å². The van der Waals surface area contributed by atoms with E-state index in [-0.39, 0.29) is 13.0 Å². The van der Waals surface area contributed by atoms with Crippen LogP contribution in [0.1, 0.15) is 13.3 Å². The van der Waals surface area contributed by atoms with Crippen molar-refractivity contribution in [2.75, 3.05) is 13.2 Å². The van der Waals surface area contributed by atoms with E-state index in [1.165, 1.54) is 0 Å². The Hall–Kier alpha value is -0.570. The van der Waals surface area contributed by atoms with E-state index in [2.05, 4.69) is 4.74 Å². The molecule has 1 radical (unpaired) electrons. The van der Waals surface area contributed by atoms with Crippen molar-refractivity contribution in [3.8, 4) is 0 Å². The Kier molecular flexibility index (Phi) is 4.26. The molecule has 0 aliphatic carbocycles. The Morgan fingerprint density at radius 3 is 2.62 bits per heavy atom. The largest absolute Gasteiger partial charge is 0.466 e. The average Bonchev–Trinajstić information content (AvgIpc) is 1.68. The number of rotatable bonds is 3. The van der Waals surface area contributed by atoms with Crippen LogP contribution in [0.4, 0.5) is 0 Å². The summed E-state index contributed by atoms with van der Waals surface area (Å²) >= 11 is 0. The molecule has 47 valence electrons. The van der Waals surface area contributed by atoms with Gasteiger partial charge in [-0.2, -0.15) is 0 Å². The lowest BCUT2D eigenvalue weighted by atomic mass is 10.5. The van der Waals surface area contributed by atoms with Crippen molar-refractivity contribution >= 4 is 5.97 Å². The zero-order valence-corrected chi connectivity index (χ0v) is 4.85. The van der Waals surface area contributed by atoms with E-state index >= 15 is 0 Å². The number of carbonyl (C=O) groups excluding carboxylic acids is 1. The van der Waals surface area contributed by atoms with Gasteiger partial charge in [-0.05, 0) is 6.92 Å². The van der Waals surface area contributed by atoms with Crippen LogP contribution in [0.2, 0.25) is 0 Å². The maximum absolute atomic E-state index is 10.2. The zero-order chi connectivity index (χ0) is 6.41. The van der Waals surface area contributed by atoms with Gasteiger partial charge in [0.2, 0.25) is 0 Å². The van der Waals surface area contributed by atoms with Gasteiger partial charge in [0.1, 0.15) is 0 Å². The van der Waals surface area contributed by atoms with Crippen LogP contribution in [-0.2, 0) is 14.6 Å². The Bertz CT molecular complexity index is 62.1. The molecule has 0 aromatic carbocycles. The lowest BCUT2D eigenvalue weighted by Gasteiger charge is -1.95. The first kappa shape index (κ1) is 7.43. The minimum absolute atomic E-state index is 0.00611. The van der Waals surface area contributed by atoms with Crippen LogP contribution >= 0.6 is 0 Å². The van der Waals surface area contributed by atoms with E-state index in [9.17, 15) is 9.90 Å². The van der Waals surface area contributed by atoms with Crippen molar-refractivity contribution < 1.29 is 14.6 Å². The third kappa shape index (κ3) is 3.61. The molecule has 0 aromatic heterocycles.